The van der Waals surface area contributed by atoms with E-state index in [2.05, 4.69) is 16.8 Å². The Kier molecular flexibility index (Phi) is 5.01. The van der Waals surface area contributed by atoms with E-state index in [1.54, 1.807) is 48.8 Å². The van der Waals surface area contributed by atoms with Crippen molar-refractivity contribution in [2.45, 2.75) is 24.4 Å². The van der Waals surface area contributed by atoms with Gasteiger partial charge in [-0.3, -0.25) is 9.88 Å². The summed E-state index contributed by atoms with van der Waals surface area (Å²) >= 11 is 0. The fraction of sp³-hybridized carbons (Fsp3) is 0.211. The summed E-state index contributed by atoms with van der Waals surface area (Å²) in [5.41, 5.74) is 1.67. The number of pyridine rings is 1. The summed E-state index contributed by atoms with van der Waals surface area (Å²) in [6.07, 6.45) is 3.36. The van der Waals surface area contributed by atoms with Gasteiger partial charge in [0.2, 0.25) is 0 Å². The van der Waals surface area contributed by atoms with Crippen molar-refractivity contribution in [3.05, 3.63) is 84.4 Å². The van der Waals surface area contributed by atoms with Gasteiger partial charge in [0.15, 0.2) is 0 Å². The Morgan fingerprint density at radius 2 is 1.76 bits per heavy atom. The number of benzene rings is 1. The molecule has 0 aliphatic rings. The molecule has 0 aliphatic heterocycles. The summed E-state index contributed by atoms with van der Waals surface area (Å²) in [5, 5.41) is 0. The SMILES string of the molecule is CC(c1ccccn1)N(C)Cc1cccn1S(=O)(=O)c1ccccc1. The van der Waals surface area contributed by atoms with Gasteiger partial charge in [0, 0.05) is 30.7 Å². The average Bonchev–Trinajstić information content (AvgIpc) is 3.11. The van der Waals surface area contributed by atoms with E-state index in [9.17, 15) is 8.42 Å². The number of nitrogens with zero attached hydrogens (tertiary/aromatic N) is 3. The van der Waals surface area contributed by atoms with E-state index in [4.69, 9.17) is 0 Å². The van der Waals surface area contributed by atoms with Crippen molar-refractivity contribution in [1.82, 2.24) is 13.9 Å². The Morgan fingerprint density at radius 3 is 2.44 bits per heavy atom. The summed E-state index contributed by atoms with van der Waals surface area (Å²) in [7, 11) is -1.62. The van der Waals surface area contributed by atoms with Crippen molar-refractivity contribution < 1.29 is 8.42 Å². The first-order chi connectivity index (χ1) is 12.0. The Morgan fingerprint density at radius 1 is 1.04 bits per heavy atom. The number of hydrogen-bond donors (Lipinski definition) is 0. The molecule has 1 unspecified atom stereocenters. The summed E-state index contributed by atoms with van der Waals surface area (Å²) in [6, 6.07) is 18.0. The van der Waals surface area contributed by atoms with Crippen LogP contribution in [0.1, 0.15) is 24.4 Å². The van der Waals surface area contributed by atoms with Gasteiger partial charge in [0.25, 0.3) is 10.0 Å². The van der Waals surface area contributed by atoms with Gasteiger partial charge in [-0.1, -0.05) is 24.3 Å². The first-order valence-electron chi connectivity index (χ1n) is 8.08. The van der Waals surface area contributed by atoms with Crippen LogP contribution in [-0.4, -0.2) is 29.3 Å². The molecule has 2 aromatic heterocycles. The molecule has 5 nitrogen and oxygen atoms in total. The van der Waals surface area contributed by atoms with Crippen molar-refractivity contribution in [3.8, 4) is 0 Å². The molecule has 130 valence electrons. The van der Waals surface area contributed by atoms with Gasteiger partial charge in [-0.15, -0.1) is 0 Å². The summed E-state index contributed by atoms with van der Waals surface area (Å²) in [4.78, 5) is 6.74. The molecular weight excluding hydrogens is 334 g/mol. The topological polar surface area (TPSA) is 55.2 Å². The zero-order chi connectivity index (χ0) is 17.9. The third kappa shape index (κ3) is 3.65. The van der Waals surface area contributed by atoms with Crippen LogP contribution in [0.2, 0.25) is 0 Å². The van der Waals surface area contributed by atoms with E-state index < -0.39 is 10.0 Å². The molecule has 0 spiro atoms. The molecule has 0 N–H and O–H groups in total. The molecule has 0 fully saturated rings. The second-order valence-electron chi connectivity index (χ2n) is 5.96. The highest BCUT2D eigenvalue weighted by Gasteiger charge is 2.21. The zero-order valence-corrected chi connectivity index (χ0v) is 15.1. The minimum atomic E-state index is -3.59. The van der Waals surface area contributed by atoms with Crippen molar-refractivity contribution in [3.63, 3.8) is 0 Å². The van der Waals surface area contributed by atoms with Crippen LogP contribution in [-0.2, 0) is 16.6 Å². The highest BCUT2D eigenvalue weighted by atomic mass is 32.2. The maximum absolute atomic E-state index is 12.9. The molecule has 0 saturated carbocycles. The largest absolute Gasteiger partial charge is 0.292 e. The highest BCUT2D eigenvalue weighted by molar-refractivity contribution is 7.90. The van der Waals surface area contributed by atoms with Gasteiger partial charge in [-0.2, -0.15) is 0 Å². The van der Waals surface area contributed by atoms with Gasteiger partial charge in [0.1, 0.15) is 0 Å². The quantitative estimate of drug-likeness (QED) is 0.681. The fourth-order valence-corrected chi connectivity index (χ4v) is 4.09. The Hall–Kier alpha value is -2.44. The van der Waals surface area contributed by atoms with Crippen LogP contribution < -0.4 is 0 Å². The predicted octanol–water partition coefficient (Wildman–Crippen LogP) is 3.31. The third-order valence-corrected chi connectivity index (χ3v) is 6.02. The molecule has 25 heavy (non-hydrogen) atoms. The predicted molar refractivity (Wildman–Crippen MR) is 97.6 cm³/mol. The first-order valence-corrected chi connectivity index (χ1v) is 9.52. The molecule has 0 saturated heterocycles. The molecule has 0 radical (unpaired) electrons. The van der Waals surface area contributed by atoms with Crippen LogP contribution >= 0.6 is 0 Å². The lowest BCUT2D eigenvalue weighted by atomic mass is 10.2. The maximum atomic E-state index is 12.9. The molecular formula is C19H21N3O2S. The van der Waals surface area contributed by atoms with Gasteiger partial charge in [0.05, 0.1) is 10.6 Å². The highest BCUT2D eigenvalue weighted by Crippen LogP contribution is 2.21. The number of aromatic nitrogens is 2. The fourth-order valence-electron chi connectivity index (χ4n) is 2.71. The van der Waals surface area contributed by atoms with E-state index in [1.165, 1.54) is 3.97 Å². The molecule has 3 rings (SSSR count). The second-order valence-corrected chi connectivity index (χ2v) is 7.77. The number of hydrogen-bond acceptors (Lipinski definition) is 4. The van der Waals surface area contributed by atoms with E-state index in [0.29, 0.717) is 12.2 Å². The smallest absolute Gasteiger partial charge is 0.267 e. The molecule has 0 aliphatic carbocycles. The summed E-state index contributed by atoms with van der Waals surface area (Å²) in [6.45, 7) is 2.55. The minimum absolute atomic E-state index is 0.0731. The normalized spacial score (nSPS) is 13.1. The zero-order valence-electron chi connectivity index (χ0n) is 14.3. The lowest BCUT2D eigenvalue weighted by molar-refractivity contribution is 0.245. The monoisotopic (exact) mass is 355 g/mol. The Labute approximate surface area is 148 Å². The van der Waals surface area contributed by atoms with Gasteiger partial charge < -0.3 is 0 Å². The van der Waals surface area contributed by atoms with Crippen LogP contribution in [0.5, 0.6) is 0 Å². The minimum Gasteiger partial charge on any atom is -0.292 e. The molecule has 0 amide bonds. The Bertz CT molecular complexity index is 922. The van der Waals surface area contributed by atoms with E-state index >= 15 is 0 Å². The van der Waals surface area contributed by atoms with Crippen LogP contribution in [0.3, 0.4) is 0 Å². The second kappa shape index (κ2) is 7.21. The maximum Gasteiger partial charge on any atom is 0.267 e. The third-order valence-electron chi connectivity index (χ3n) is 4.28. The van der Waals surface area contributed by atoms with Gasteiger partial charge in [-0.25, -0.2) is 12.4 Å². The molecule has 0 bridgehead atoms. The van der Waals surface area contributed by atoms with Crippen molar-refractivity contribution in [2.24, 2.45) is 0 Å². The average molecular weight is 355 g/mol. The Balaban J connectivity index is 1.85. The first kappa shape index (κ1) is 17.4. The van der Waals surface area contributed by atoms with Crippen LogP contribution in [0, 0.1) is 0 Å². The molecule has 1 atom stereocenters. The summed E-state index contributed by atoms with van der Waals surface area (Å²) < 4.78 is 27.1. The van der Waals surface area contributed by atoms with Crippen LogP contribution in [0.25, 0.3) is 0 Å². The molecule has 3 aromatic rings. The van der Waals surface area contributed by atoms with Crippen molar-refractivity contribution in [1.29, 1.82) is 0 Å². The van der Waals surface area contributed by atoms with E-state index in [0.717, 1.165) is 5.69 Å². The van der Waals surface area contributed by atoms with Crippen LogP contribution in [0.15, 0.2) is 78.0 Å². The summed E-state index contributed by atoms with van der Waals surface area (Å²) in [5.74, 6) is 0. The van der Waals surface area contributed by atoms with Crippen LogP contribution in [0.4, 0.5) is 0 Å². The van der Waals surface area contributed by atoms with E-state index in [1.807, 2.05) is 31.3 Å². The molecule has 6 heteroatoms. The molecule has 2 heterocycles. The number of rotatable bonds is 6. The van der Waals surface area contributed by atoms with Crippen molar-refractivity contribution >= 4 is 10.0 Å². The molecule has 1 aromatic carbocycles. The van der Waals surface area contributed by atoms with Crippen molar-refractivity contribution in [2.75, 3.05) is 7.05 Å². The lowest BCUT2D eigenvalue weighted by Crippen LogP contribution is -2.25. The van der Waals surface area contributed by atoms with Gasteiger partial charge >= 0.3 is 0 Å². The lowest BCUT2D eigenvalue weighted by Gasteiger charge is -2.24. The van der Waals surface area contributed by atoms with E-state index in [-0.39, 0.29) is 10.9 Å². The standard InChI is InChI=1S/C19H21N3O2S/c1-16(19-12-6-7-13-20-19)21(2)15-17-9-8-14-22(17)25(23,24)18-10-4-3-5-11-18/h3-14,16H,15H2,1-2H3. The van der Waals surface area contributed by atoms with Gasteiger partial charge in [-0.05, 0) is 50.4 Å².